The van der Waals surface area contributed by atoms with E-state index in [-0.39, 0.29) is 0 Å². The summed E-state index contributed by atoms with van der Waals surface area (Å²) in [4.78, 5) is 2.22. The van der Waals surface area contributed by atoms with Crippen molar-refractivity contribution >= 4 is 35.8 Å². The first-order chi connectivity index (χ1) is 7.78. The molecule has 0 aliphatic carbocycles. The Kier molecular flexibility index (Phi) is 4.67. The van der Waals surface area contributed by atoms with E-state index >= 15 is 0 Å². The summed E-state index contributed by atoms with van der Waals surface area (Å²) >= 11 is 10.5. The molecule has 0 bridgehead atoms. The van der Waals surface area contributed by atoms with E-state index in [1.165, 1.54) is 12.8 Å². The second-order valence-corrected chi connectivity index (χ2v) is 6.53. The SMILES string of the molecule is CNc1c(N(C)CCCC(C)(C)C)c(=S)c1=S. The Morgan fingerprint density at radius 2 is 1.76 bits per heavy atom. The first-order valence-electron chi connectivity index (χ1n) is 6.00. The van der Waals surface area contributed by atoms with Crippen LogP contribution < -0.4 is 10.2 Å². The molecule has 0 spiro atoms. The average Bonchev–Trinajstić information content (AvgIpc) is 2.22. The lowest BCUT2D eigenvalue weighted by molar-refractivity contribution is 0.367. The van der Waals surface area contributed by atoms with E-state index < -0.39 is 0 Å². The van der Waals surface area contributed by atoms with E-state index in [0.29, 0.717) is 5.41 Å². The number of hydrogen-bond acceptors (Lipinski definition) is 4. The van der Waals surface area contributed by atoms with Gasteiger partial charge in [0, 0.05) is 20.6 Å². The van der Waals surface area contributed by atoms with Crippen molar-refractivity contribution in [3.05, 3.63) is 9.02 Å². The van der Waals surface area contributed by atoms with Gasteiger partial charge < -0.3 is 10.2 Å². The van der Waals surface area contributed by atoms with Crippen molar-refractivity contribution in [2.45, 2.75) is 33.6 Å². The van der Waals surface area contributed by atoms with Crippen molar-refractivity contribution in [1.82, 2.24) is 0 Å². The molecule has 17 heavy (non-hydrogen) atoms. The smallest absolute Gasteiger partial charge is 0.0834 e. The summed E-state index contributed by atoms with van der Waals surface area (Å²) in [6, 6.07) is 0. The minimum absolute atomic E-state index is 0.399. The Hall–Kier alpha value is -0.480. The van der Waals surface area contributed by atoms with Gasteiger partial charge in [-0.2, -0.15) is 0 Å². The van der Waals surface area contributed by atoms with Gasteiger partial charge >= 0.3 is 0 Å². The van der Waals surface area contributed by atoms with E-state index in [2.05, 4.69) is 38.0 Å². The number of hydrogen-bond donors (Lipinski definition) is 1. The zero-order valence-corrected chi connectivity index (χ0v) is 13.0. The van der Waals surface area contributed by atoms with Crippen molar-refractivity contribution in [3.63, 3.8) is 0 Å². The maximum Gasteiger partial charge on any atom is 0.0834 e. The molecule has 96 valence electrons. The summed E-state index contributed by atoms with van der Waals surface area (Å²) in [5, 5.41) is 3.13. The summed E-state index contributed by atoms with van der Waals surface area (Å²) in [7, 11) is 3.98. The number of anilines is 2. The molecule has 0 saturated carbocycles. The average molecular weight is 270 g/mol. The molecule has 0 atom stereocenters. The second-order valence-electron chi connectivity index (χ2n) is 5.72. The van der Waals surface area contributed by atoms with Crippen LogP contribution in [0.4, 0.5) is 11.4 Å². The van der Waals surface area contributed by atoms with Crippen molar-refractivity contribution in [2.75, 3.05) is 30.9 Å². The summed E-state index contributed by atoms with van der Waals surface area (Å²) in [5.74, 6) is 0. The van der Waals surface area contributed by atoms with Gasteiger partial charge in [-0.25, -0.2) is 0 Å². The van der Waals surface area contributed by atoms with Crippen molar-refractivity contribution in [3.8, 4) is 0 Å². The molecular formula is C13H22N2S2. The predicted octanol–water partition coefficient (Wildman–Crippen LogP) is 4.33. The van der Waals surface area contributed by atoms with E-state index in [4.69, 9.17) is 24.4 Å². The van der Waals surface area contributed by atoms with Crippen LogP contribution in [0.2, 0.25) is 0 Å². The lowest BCUT2D eigenvalue weighted by atomic mass is 9.90. The van der Waals surface area contributed by atoms with Gasteiger partial charge in [-0.05, 0) is 18.3 Å². The molecule has 1 aromatic rings. The molecule has 1 aromatic carbocycles. The normalized spacial score (nSPS) is 11.8. The Morgan fingerprint density at radius 1 is 1.18 bits per heavy atom. The molecule has 0 aliphatic heterocycles. The van der Waals surface area contributed by atoms with Crippen LogP contribution in [0.3, 0.4) is 0 Å². The highest BCUT2D eigenvalue weighted by Gasteiger charge is 2.17. The molecule has 1 rings (SSSR count). The highest BCUT2D eigenvalue weighted by Crippen LogP contribution is 2.35. The summed E-state index contributed by atoms with van der Waals surface area (Å²) < 4.78 is 1.64. The van der Waals surface area contributed by atoms with Gasteiger partial charge in [0.15, 0.2) is 0 Å². The van der Waals surface area contributed by atoms with Gasteiger partial charge in [0.2, 0.25) is 0 Å². The standard InChI is InChI=1S/C13H22N2S2/c1-13(2,3)7-6-8-15(5)10-9(14-4)11(16)12(10)17/h14H,6-8H2,1-5H3. The minimum Gasteiger partial charge on any atom is -0.385 e. The van der Waals surface area contributed by atoms with Crippen LogP contribution in [-0.4, -0.2) is 20.6 Å². The Labute approximate surface area is 115 Å². The monoisotopic (exact) mass is 270 g/mol. The van der Waals surface area contributed by atoms with E-state index in [1.54, 1.807) is 0 Å². The first kappa shape index (κ1) is 14.6. The molecule has 0 saturated heterocycles. The van der Waals surface area contributed by atoms with Crippen LogP contribution in [0, 0.1) is 14.4 Å². The van der Waals surface area contributed by atoms with Gasteiger partial charge in [-0.15, -0.1) is 0 Å². The van der Waals surface area contributed by atoms with Crippen LogP contribution in [-0.2, 0) is 0 Å². The summed E-state index contributed by atoms with van der Waals surface area (Å²) in [6.45, 7) is 7.84. The molecule has 0 heterocycles. The summed E-state index contributed by atoms with van der Waals surface area (Å²) in [5.41, 5.74) is 2.54. The lowest BCUT2D eigenvalue weighted by Crippen LogP contribution is -2.23. The van der Waals surface area contributed by atoms with E-state index in [0.717, 1.165) is 26.9 Å². The zero-order valence-electron chi connectivity index (χ0n) is 11.4. The number of rotatable bonds is 5. The highest BCUT2D eigenvalue weighted by atomic mass is 32.1. The molecule has 2 nitrogen and oxygen atoms in total. The zero-order chi connectivity index (χ0) is 13.2. The Bertz CT molecular complexity index is 450. The van der Waals surface area contributed by atoms with Crippen molar-refractivity contribution < 1.29 is 0 Å². The lowest BCUT2D eigenvalue weighted by Gasteiger charge is -2.26. The van der Waals surface area contributed by atoms with Gasteiger partial charge in [0.25, 0.3) is 0 Å². The van der Waals surface area contributed by atoms with Gasteiger partial charge in [0.05, 0.1) is 20.4 Å². The third kappa shape index (κ3) is 3.49. The summed E-state index contributed by atoms with van der Waals surface area (Å²) in [6.07, 6.45) is 2.40. The van der Waals surface area contributed by atoms with Gasteiger partial charge in [0.1, 0.15) is 0 Å². The fourth-order valence-corrected chi connectivity index (χ4v) is 2.59. The minimum atomic E-state index is 0.399. The van der Waals surface area contributed by atoms with Crippen LogP contribution in [0.25, 0.3) is 0 Å². The number of nitrogens with one attached hydrogen (secondary N) is 1. The third-order valence-corrected chi connectivity index (χ3v) is 3.87. The quantitative estimate of drug-likeness (QED) is 0.801. The maximum atomic E-state index is 5.29. The molecule has 0 amide bonds. The second kappa shape index (κ2) is 5.44. The van der Waals surface area contributed by atoms with Gasteiger partial charge in [-0.3, -0.25) is 0 Å². The van der Waals surface area contributed by atoms with E-state index in [9.17, 15) is 0 Å². The topological polar surface area (TPSA) is 15.3 Å². The predicted molar refractivity (Wildman–Crippen MR) is 82.0 cm³/mol. The molecule has 0 aromatic heterocycles. The number of nitrogens with zero attached hydrogens (tertiary/aromatic N) is 1. The Balaban J connectivity index is 2.60. The van der Waals surface area contributed by atoms with Crippen LogP contribution in [0.15, 0.2) is 0 Å². The molecule has 0 unspecified atom stereocenters. The van der Waals surface area contributed by atoms with Gasteiger partial charge in [-0.1, -0.05) is 45.2 Å². The first-order valence-corrected chi connectivity index (χ1v) is 6.82. The van der Waals surface area contributed by atoms with Crippen molar-refractivity contribution in [1.29, 1.82) is 0 Å². The van der Waals surface area contributed by atoms with Crippen LogP contribution in [0.1, 0.15) is 33.6 Å². The fourth-order valence-electron chi connectivity index (χ4n) is 1.93. The molecule has 0 radical (unpaired) electrons. The van der Waals surface area contributed by atoms with Crippen LogP contribution in [0.5, 0.6) is 0 Å². The molecule has 1 N–H and O–H groups in total. The third-order valence-electron chi connectivity index (χ3n) is 2.94. The molecule has 0 aliphatic rings. The van der Waals surface area contributed by atoms with Crippen molar-refractivity contribution in [2.24, 2.45) is 5.41 Å². The van der Waals surface area contributed by atoms with Crippen LogP contribution >= 0.6 is 24.4 Å². The van der Waals surface area contributed by atoms with E-state index in [1.807, 2.05) is 7.05 Å². The fraction of sp³-hybridized carbons (Fsp3) is 0.692. The maximum absolute atomic E-state index is 5.29. The largest absolute Gasteiger partial charge is 0.385 e. The molecule has 0 fully saturated rings. The highest BCUT2D eigenvalue weighted by molar-refractivity contribution is 7.74. The molecular weight excluding hydrogens is 248 g/mol. The molecule has 4 heteroatoms. The Morgan fingerprint density at radius 3 is 2.24 bits per heavy atom.